The van der Waals surface area contributed by atoms with Crippen molar-refractivity contribution in [3.05, 3.63) is 53.6 Å². The largest absolute Gasteiger partial charge is 0.494 e. The third kappa shape index (κ3) is 3.13. The molecule has 4 nitrogen and oxygen atoms in total. The number of anilines is 1. The van der Waals surface area contributed by atoms with E-state index in [0.29, 0.717) is 0 Å². The van der Waals surface area contributed by atoms with Gasteiger partial charge in [-0.15, -0.1) is 0 Å². The monoisotopic (exact) mass is 313 g/mol. The van der Waals surface area contributed by atoms with E-state index >= 15 is 0 Å². The Bertz CT molecular complexity index is 776. The van der Waals surface area contributed by atoms with Gasteiger partial charge >= 0.3 is 0 Å². The van der Waals surface area contributed by atoms with Crippen molar-refractivity contribution >= 4 is 15.5 Å². The molecule has 2 aromatic carbocycles. The summed E-state index contributed by atoms with van der Waals surface area (Å²) in [6.07, 6.45) is 0. The Balaban J connectivity index is 2.42. The van der Waals surface area contributed by atoms with E-state index in [0.717, 1.165) is 12.1 Å². The van der Waals surface area contributed by atoms with E-state index in [-0.39, 0.29) is 17.0 Å². The molecule has 0 heterocycles. The van der Waals surface area contributed by atoms with Crippen molar-refractivity contribution in [2.75, 3.05) is 12.8 Å². The third-order valence-electron chi connectivity index (χ3n) is 2.90. The Morgan fingerprint density at radius 3 is 2.52 bits per heavy atom. The van der Waals surface area contributed by atoms with Crippen molar-refractivity contribution in [3.63, 3.8) is 0 Å². The average molecular weight is 313 g/mol. The maximum atomic E-state index is 14.0. The first-order valence-corrected chi connectivity index (χ1v) is 7.59. The second-order valence-corrected chi connectivity index (χ2v) is 6.34. The minimum atomic E-state index is -4.03. The maximum Gasteiger partial charge on any atom is 0.185 e. The fourth-order valence-electron chi connectivity index (χ4n) is 1.88. The van der Waals surface area contributed by atoms with Gasteiger partial charge in [-0.25, -0.2) is 17.2 Å². The molecule has 0 aliphatic heterocycles. The van der Waals surface area contributed by atoms with Crippen LogP contribution in [0.15, 0.2) is 41.3 Å². The molecule has 7 heteroatoms. The van der Waals surface area contributed by atoms with Gasteiger partial charge in [0.15, 0.2) is 21.4 Å². The molecule has 2 aromatic rings. The van der Waals surface area contributed by atoms with Crippen LogP contribution < -0.4 is 10.5 Å². The zero-order valence-electron chi connectivity index (χ0n) is 11.1. The number of benzene rings is 2. The van der Waals surface area contributed by atoms with Gasteiger partial charge in [0.25, 0.3) is 0 Å². The van der Waals surface area contributed by atoms with Crippen LogP contribution in [0.3, 0.4) is 0 Å². The third-order valence-corrected chi connectivity index (χ3v) is 4.59. The van der Waals surface area contributed by atoms with E-state index < -0.39 is 32.1 Å². The molecule has 21 heavy (non-hydrogen) atoms. The van der Waals surface area contributed by atoms with Gasteiger partial charge in [0, 0.05) is 11.3 Å². The molecule has 0 radical (unpaired) electrons. The fourth-order valence-corrected chi connectivity index (χ4v) is 3.30. The van der Waals surface area contributed by atoms with Gasteiger partial charge in [-0.1, -0.05) is 12.1 Å². The standard InChI is InChI=1S/C14H13F2NO3S/c1-20-12-4-2-3-9(14(12)16)8-21(18,19)13-6-5-10(17)7-11(13)15/h2-7H,8,17H2,1H3. The van der Waals surface area contributed by atoms with Gasteiger partial charge in [0.05, 0.1) is 12.9 Å². The van der Waals surface area contributed by atoms with Crippen LogP contribution >= 0.6 is 0 Å². The van der Waals surface area contributed by atoms with Crippen molar-refractivity contribution < 1.29 is 21.9 Å². The van der Waals surface area contributed by atoms with Crippen LogP contribution in [-0.2, 0) is 15.6 Å². The lowest BCUT2D eigenvalue weighted by atomic mass is 10.2. The van der Waals surface area contributed by atoms with Crippen molar-refractivity contribution in [1.82, 2.24) is 0 Å². The maximum absolute atomic E-state index is 14.0. The van der Waals surface area contributed by atoms with Gasteiger partial charge in [-0.3, -0.25) is 0 Å². The Morgan fingerprint density at radius 2 is 1.90 bits per heavy atom. The number of nitrogens with two attached hydrogens (primary N) is 1. The number of hydrogen-bond donors (Lipinski definition) is 1. The van der Waals surface area contributed by atoms with Crippen molar-refractivity contribution in [2.24, 2.45) is 0 Å². The molecule has 0 aliphatic rings. The lowest BCUT2D eigenvalue weighted by Gasteiger charge is -2.09. The fraction of sp³-hybridized carbons (Fsp3) is 0.143. The first kappa shape index (κ1) is 15.2. The molecule has 2 rings (SSSR count). The molecule has 0 fully saturated rings. The Morgan fingerprint density at radius 1 is 1.19 bits per heavy atom. The number of ether oxygens (including phenoxy) is 1. The second kappa shape index (κ2) is 5.69. The molecule has 0 saturated carbocycles. The zero-order valence-corrected chi connectivity index (χ0v) is 12.0. The highest BCUT2D eigenvalue weighted by molar-refractivity contribution is 7.90. The zero-order chi connectivity index (χ0) is 15.6. The predicted molar refractivity (Wildman–Crippen MR) is 74.7 cm³/mol. The van der Waals surface area contributed by atoms with Crippen LogP contribution in [-0.4, -0.2) is 15.5 Å². The lowest BCUT2D eigenvalue weighted by Crippen LogP contribution is -2.09. The minimum Gasteiger partial charge on any atom is -0.494 e. The highest BCUT2D eigenvalue weighted by Crippen LogP contribution is 2.26. The van der Waals surface area contributed by atoms with E-state index in [9.17, 15) is 17.2 Å². The van der Waals surface area contributed by atoms with E-state index in [1.165, 1.54) is 31.4 Å². The second-order valence-electron chi connectivity index (χ2n) is 4.38. The van der Waals surface area contributed by atoms with Crippen molar-refractivity contribution in [1.29, 1.82) is 0 Å². The number of sulfone groups is 1. The summed E-state index contributed by atoms with van der Waals surface area (Å²) in [5.41, 5.74) is 5.39. The topological polar surface area (TPSA) is 69.4 Å². The normalized spacial score (nSPS) is 11.4. The van der Waals surface area contributed by atoms with Crippen molar-refractivity contribution in [2.45, 2.75) is 10.6 Å². The van der Waals surface area contributed by atoms with Gasteiger partial charge in [-0.2, -0.15) is 0 Å². The van der Waals surface area contributed by atoms with Gasteiger partial charge in [-0.05, 0) is 24.3 Å². The summed E-state index contributed by atoms with van der Waals surface area (Å²) in [5, 5.41) is 0. The summed E-state index contributed by atoms with van der Waals surface area (Å²) in [7, 11) is -2.76. The minimum absolute atomic E-state index is 0.0690. The van der Waals surface area contributed by atoms with E-state index in [2.05, 4.69) is 0 Å². The van der Waals surface area contributed by atoms with Crippen LogP contribution in [0.1, 0.15) is 5.56 Å². The number of methoxy groups -OCH3 is 1. The van der Waals surface area contributed by atoms with Crippen molar-refractivity contribution in [3.8, 4) is 5.75 Å². The van der Waals surface area contributed by atoms with Gasteiger partial charge < -0.3 is 10.5 Å². The van der Waals surface area contributed by atoms with Crippen LogP contribution in [0.25, 0.3) is 0 Å². The summed E-state index contributed by atoms with van der Waals surface area (Å²) in [4.78, 5) is -0.515. The van der Waals surface area contributed by atoms with Crippen LogP contribution in [0.4, 0.5) is 14.5 Å². The van der Waals surface area contributed by atoms with Crippen LogP contribution in [0.5, 0.6) is 5.75 Å². The van der Waals surface area contributed by atoms with E-state index in [1.54, 1.807) is 0 Å². The first-order valence-electron chi connectivity index (χ1n) is 5.94. The SMILES string of the molecule is COc1cccc(CS(=O)(=O)c2ccc(N)cc2F)c1F. The highest BCUT2D eigenvalue weighted by atomic mass is 32.2. The molecule has 0 spiro atoms. The molecule has 0 amide bonds. The van der Waals surface area contributed by atoms with Gasteiger partial charge in [0.2, 0.25) is 0 Å². The quantitative estimate of drug-likeness (QED) is 0.881. The molecule has 2 N–H and O–H groups in total. The lowest BCUT2D eigenvalue weighted by molar-refractivity contribution is 0.385. The molecular formula is C14H13F2NO3S. The summed E-state index contributed by atoms with van der Waals surface area (Å²) < 4.78 is 56.9. The molecule has 0 aliphatic carbocycles. The van der Waals surface area contributed by atoms with Crippen LogP contribution in [0.2, 0.25) is 0 Å². The molecule has 0 atom stereocenters. The molecule has 0 bridgehead atoms. The van der Waals surface area contributed by atoms with E-state index in [1.807, 2.05) is 0 Å². The molecule has 0 unspecified atom stereocenters. The summed E-state index contributed by atoms with van der Waals surface area (Å²) in [6.45, 7) is 0. The summed E-state index contributed by atoms with van der Waals surface area (Å²) in [6, 6.07) is 7.40. The average Bonchev–Trinajstić information content (AvgIpc) is 2.40. The molecule has 0 saturated heterocycles. The first-order chi connectivity index (χ1) is 9.85. The Hall–Kier alpha value is -2.15. The predicted octanol–water partition coefficient (Wildman–Crippen LogP) is 2.53. The summed E-state index contributed by atoms with van der Waals surface area (Å²) >= 11 is 0. The summed E-state index contributed by atoms with van der Waals surface area (Å²) in [5.74, 6) is -2.48. The molecule has 112 valence electrons. The van der Waals surface area contributed by atoms with Crippen LogP contribution in [0, 0.1) is 11.6 Å². The highest BCUT2D eigenvalue weighted by Gasteiger charge is 2.22. The smallest absolute Gasteiger partial charge is 0.185 e. The number of rotatable bonds is 4. The number of hydrogen-bond acceptors (Lipinski definition) is 4. The van der Waals surface area contributed by atoms with Gasteiger partial charge in [0.1, 0.15) is 10.7 Å². The number of nitrogen functional groups attached to an aromatic ring is 1. The molecular weight excluding hydrogens is 300 g/mol. The molecule has 0 aromatic heterocycles. The van der Waals surface area contributed by atoms with E-state index in [4.69, 9.17) is 10.5 Å². The Labute approximate surface area is 121 Å². The number of halogens is 2. The Kier molecular flexibility index (Phi) is 4.13.